The van der Waals surface area contributed by atoms with Crippen molar-refractivity contribution < 1.29 is 4.74 Å². The smallest absolute Gasteiger partial charge is 0.191 e. The Kier molecular flexibility index (Phi) is 10.8. The van der Waals surface area contributed by atoms with Crippen molar-refractivity contribution in [2.75, 3.05) is 33.9 Å². The summed E-state index contributed by atoms with van der Waals surface area (Å²) in [5.41, 5.74) is 1.52. The number of guanidine groups is 1. The molecule has 6 heteroatoms. The first kappa shape index (κ1) is 22.5. The standard InChI is InChI=1S/C19H30ClN3O.HI/c1-21-18(22-13-9-16-7-3-4-8-17(16)20)23-15-19(12-14-24-2)10-5-6-11-19;/h3-4,7-8H,5-6,9-15H2,1-2H3,(H2,21,22,23);1H. The van der Waals surface area contributed by atoms with Crippen LogP contribution in [0.4, 0.5) is 0 Å². The molecule has 0 saturated heterocycles. The Morgan fingerprint density at radius 1 is 1.24 bits per heavy atom. The fraction of sp³-hybridized carbons (Fsp3) is 0.632. The molecule has 4 nitrogen and oxygen atoms in total. The zero-order valence-electron chi connectivity index (χ0n) is 15.3. The summed E-state index contributed by atoms with van der Waals surface area (Å²) < 4.78 is 5.30. The Morgan fingerprint density at radius 3 is 2.60 bits per heavy atom. The van der Waals surface area contributed by atoms with Crippen molar-refractivity contribution in [2.45, 2.75) is 38.5 Å². The van der Waals surface area contributed by atoms with Gasteiger partial charge < -0.3 is 15.4 Å². The van der Waals surface area contributed by atoms with Gasteiger partial charge in [-0.15, -0.1) is 24.0 Å². The van der Waals surface area contributed by atoms with E-state index in [4.69, 9.17) is 16.3 Å². The molecule has 0 amide bonds. The molecule has 2 N–H and O–H groups in total. The number of hydrogen-bond acceptors (Lipinski definition) is 2. The summed E-state index contributed by atoms with van der Waals surface area (Å²) in [5, 5.41) is 7.73. The van der Waals surface area contributed by atoms with Gasteiger partial charge >= 0.3 is 0 Å². The third kappa shape index (κ3) is 7.31. The van der Waals surface area contributed by atoms with Crippen LogP contribution in [0.25, 0.3) is 0 Å². The number of halogens is 2. The average Bonchev–Trinajstić information content (AvgIpc) is 3.07. The molecule has 0 spiro atoms. The van der Waals surface area contributed by atoms with Crippen LogP contribution in [0, 0.1) is 5.41 Å². The van der Waals surface area contributed by atoms with Crippen LogP contribution >= 0.6 is 35.6 Å². The summed E-state index contributed by atoms with van der Waals surface area (Å²) in [6.45, 7) is 2.61. The molecular formula is C19H31ClIN3O. The molecule has 0 unspecified atom stereocenters. The highest BCUT2D eigenvalue weighted by Crippen LogP contribution is 2.40. The van der Waals surface area contributed by atoms with Gasteiger partial charge in [-0.1, -0.05) is 42.6 Å². The molecule has 0 aromatic heterocycles. The number of rotatable bonds is 8. The Morgan fingerprint density at radius 2 is 1.96 bits per heavy atom. The van der Waals surface area contributed by atoms with Gasteiger partial charge in [0.2, 0.25) is 0 Å². The van der Waals surface area contributed by atoms with E-state index in [-0.39, 0.29) is 24.0 Å². The molecule has 2 rings (SSSR count). The van der Waals surface area contributed by atoms with E-state index in [0.29, 0.717) is 5.41 Å². The summed E-state index contributed by atoms with van der Waals surface area (Å²) >= 11 is 6.20. The fourth-order valence-corrected chi connectivity index (χ4v) is 3.70. The molecule has 1 fully saturated rings. The van der Waals surface area contributed by atoms with E-state index in [1.165, 1.54) is 25.7 Å². The highest BCUT2D eigenvalue weighted by molar-refractivity contribution is 14.0. The van der Waals surface area contributed by atoms with Crippen LogP contribution in [0.5, 0.6) is 0 Å². The zero-order valence-corrected chi connectivity index (χ0v) is 18.4. The maximum absolute atomic E-state index is 6.20. The second-order valence-corrected chi connectivity index (χ2v) is 7.05. The van der Waals surface area contributed by atoms with Crippen molar-refractivity contribution in [2.24, 2.45) is 10.4 Å². The minimum Gasteiger partial charge on any atom is -0.385 e. The summed E-state index contributed by atoms with van der Waals surface area (Å²) in [7, 11) is 3.60. The van der Waals surface area contributed by atoms with E-state index < -0.39 is 0 Å². The first-order chi connectivity index (χ1) is 11.7. The summed E-state index contributed by atoms with van der Waals surface area (Å²) in [6, 6.07) is 7.98. The number of hydrogen-bond donors (Lipinski definition) is 2. The van der Waals surface area contributed by atoms with E-state index in [2.05, 4.69) is 21.7 Å². The van der Waals surface area contributed by atoms with Crippen molar-refractivity contribution in [1.82, 2.24) is 10.6 Å². The lowest BCUT2D eigenvalue weighted by Gasteiger charge is -2.30. The van der Waals surface area contributed by atoms with Crippen LogP contribution < -0.4 is 10.6 Å². The fourth-order valence-electron chi connectivity index (χ4n) is 3.47. The molecule has 142 valence electrons. The van der Waals surface area contributed by atoms with Gasteiger partial charge in [-0.3, -0.25) is 4.99 Å². The van der Waals surface area contributed by atoms with Gasteiger partial charge in [-0.25, -0.2) is 0 Å². The minimum absolute atomic E-state index is 0. The minimum atomic E-state index is 0. The zero-order chi connectivity index (χ0) is 17.3. The first-order valence-corrected chi connectivity index (χ1v) is 9.24. The van der Waals surface area contributed by atoms with Crippen molar-refractivity contribution in [1.29, 1.82) is 0 Å². The van der Waals surface area contributed by atoms with E-state index in [1.807, 2.05) is 25.2 Å². The molecule has 25 heavy (non-hydrogen) atoms. The molecule has 0 bridgehead atoms. The second-order valence-electron chi connectivity index (χ2n) is 6.64. The molecule has 0 radical (unpaired) electrons. The van der Waals surface area contributed by atoms with Gasteiger partial charge in [-0.05, 0) is 42.7 Å². The molecular weight excluding hydrogens is 449 g/mol. The van der Waals surface area contributed by atoms with Crippen LogP contribution in [0.1, 0.15) is 37.7 Å². The molecule has 1 saturated carbocycles. The molecule has 0 atom stereocenters. The van der Waals surface area contributed by atoms with Crippen LogP contribution in [0.2, 0.25) is 5.02 Å². The van der Waals surface area contributed by atoms with Crippen LogP contribution in [-0.4, -0.2) is 39.8 Å². The molecule has 1 aromatic carbocycles. The molecule has 1 aliphatic rings. The summed E-state index contributed by atoms with van der Waals surface area (Å²) in [4.78, 5) is 4.34. The monoisotopic (exact) mass is 479 g/mol. The number of benzene rings is 1. The Balaban J connectivity index is 0.00000312. The molecule has 1 aliphatic carbocycles. The summed E-state index contributed by atoms with van der Waals surface area (Å²) in [6.07, 6.45) is 7.20. The quantitative estimate of drug-likeness (QED) is 0.333. The lowest BCUT2D eigenvalue weighted by Crippen LogP contribution is -2.43. The lowest BCUT2D eigenvalue weighted by molar-refractivity contribution is 0.138. The van der Waals surface area contributed by atoms with Gasteiger partial charge in [-0.2, -0.15) is 0 Å². The van der Waals surface area contributed by atoms with E-state index in [1.54, 1.807) is 7.11 Å². The number of aliphatic imine (C=N–C) groups is 1. The number of ether oxygens (including phenoxy) is 1. The predicted molar refractivity (Wildman–Crippen MR) is 117 cm³/mol. The van der Waals surface area contributed by atoms with Gasteiger partial charge in [0.25, 0.3) is 0 Å². The highest BCUT2D eigenvalue weighted by Gasteiger charge is 2.33. The van der Waals surface area contributed by atoms with Crippen molar-refractivity contribution in [3.05, 3.63) is 34.9 Å². The van der Waals surface area contributed by atoms with Gasteiger partial charge in [0.1, 0.15) is 0 Å². The average molecular weight is 480 g/mol. The van der Waals surface area contributed by atoms with Crippen molar-refractivity contribution >= 4 is 41.5 Å². The maximum Gasteiger partial charge on any atom is 0.191 e. The van der Waals surface area contributed by atoms with Crippen LogP contribution in [0.15, 0.2) is 29.3 Å². The van der Waals surface area contributed by atoms with Gasteiger partial charge in [0.15, 0.2) is 5.96 Å². The highest BCUT2D eigenvalue weighted by atomic mass is 127. The Labute approximate surface area is 174 Å². The Bertz CT molecular complexity index is 533. The van der Waals surface area contributed by atoms with E-state index >= 15 is 0 Å². The molecule has 1 aromatic rings. The predicted octanol–water partition coefficient (Wildman–Crippen LogP) is 4.26. The van der Waals surface area contributed by atoms with Gasteiger partial charge in [0.05, 0.1) is 0 Å². The normalized spacial score (nSPS) is 16.4. The maximum atomic E-state index is 6.20. The number of methoxy groups -OCH3 is 1. The number of nitrogens with zero attached hydrogens (tertiary/aromatic N) is 1. The summed E-state index contributed by atoms with van der Waals surface area (Å²) in [5.74, 6) is 0.866. The van der Waals surface area contributed by atoms with Crippen molar-refractivity contribution in [3.63, 3.8) is 0 Å². The largest absolute Gasteiger partial charge is 0.385 e. The second kappa shape index (κ2) is 12.0. The molecule has 0 heterocycles. The lowest BCUT2D eigenvalue weighted by atomic mass is 9.83. The third-order valence-corrected chi connectivity index (χ3v) is 5.37. The van der Waals surface area contributed by atoms with Crippen LogP contribution in [0.3, 0.4) is 0 Å². The van der Waals surface area contributed by atoms with Gasteiger partial charge in [0, 0.05) is 38.9 Å². The topological polar surface area (TPSA) is 45.7 Å². The molecule has 0 aliphatic heterocycles. The van der Waals surface area contributed by atoms with E-state index in [9.17, 15) is 0 Å². The number of nitrogens with one attached hydrogen (secondary N) is 2. The third-order valence-electron chi connectivity index (χ3n) is 5.00. The van der Waals surface area contributed by atoms with E-state index in [0.717, 1.165) is 49.1 Å². The first-order valence-electron chi connectivity index (χ1n) is 8.86. The SMILES string of the molecule is CN=C(NCCc1ccccc1Cl)NCC1(CCOC)CCCC1.I. The van der Waals surface area contributed by atoms with Crippen molar-refractivity contribution in [3.8, 4) is 0 Å². The Hall–Kier alpha value is -0.530. The van der Waals surface area contributed by atoms with Crippen LogP contribution in [-0.2, 0) is 11.2 Å².